The summed E-state index contributed by atoms with van der Waals surface area (Å²) in [7, 11) is 0. The maximum atomic E-state index is 9.56. The zero-order valence-corrected chi connectivity index (χ0v) is 8.23. The van der Waals surface area contributed by atoms with E-state index in [2.05, 4.69) is 5.43 Å². The predicted octanol–water partition coefficient (Wildman–Crippen LogP) is 0.582. The van der Waals surface area contributed by atoms with Gasteiger partial charge in [-0.25, -0.2) is 0 Å². The van der Waals surface area contributed by atoms with Crippen molar-refractivity contribution in [3.63, 3.8) is 0 Å². The van der Waals surface area contributed by atoms with Crippen LogP contribution in [0, 0.1) is 0 Å². The van der Waals surface area contributed by atoms with Crippen LogP contribution < -0.4 is 16.0 Å². The molecule has 14 heavy (non-hydrogen) atoms. The third-order valence-electron chi connectivity index (χ3n) is 1.89. The third kappa shape index (κ3) is 2.99. The summed E-state index contributed by atoms with van der Waals surface area (Å²) in [5.74, 6) is 5.92. The van der Waals surface area contributed by atoms with E-state index in [1.807, 2.05) is 31.2 Å². The van der Waals surface area contributed by atoms with Crippen LogP contribution in [-0.4, -0.2) is 18.3 Å². The van der Waals surface area contributed by atoms with Crippen LogP contribution >= 0.6 is 0 Å². The summed E-state index contributed by atoms with van der Waals surface area (Å²) in [6, 6.07) is 7.32. The van der Waals surface area contributed by atoms with Crippen LogP contribution in [0.5, 0.6) is 5.75 Å². The SMILES string of the molecule is CCOc1ccc(C(O)CNN)cc1. The summed E-state index contributed by atoms with van der Waals surface area (Å²) >= 11 is 0. The van der Waals surface area contributed by atoms with Gasteiger partial charge in [0.15, 0.2) is 0 Å². The quantitative estimate of drug-likeness (QED) is 0.476. The van der Waals surface area contributed by atoms with E-state index in [1.165, 1.54) is 0 Å². The normalized spacial score (nSPS) is 12.5. The number of rotatable bonds is 5. The van der Waals surface area contributed by atoms with Crippen molar-refractivity contribution in [2.45, 2.75) is 13.0 Å². The molecule has 0 fully saturated rings. The highest BCUT2D eigenvalue weighted by Crippen LogP contribution is 2.17. The molecule has 0 saturated carbocycles. The van der Waals surface area contributed by atoms with Crippen LogP contribution in [0.25, 0.3) is 0 Å². The Morgan fingerprint density at radius 2 is 2.07 bits per heavy atom. The molecule has 4 N–H and O–H groups in total. The van der Waals surface area contributed by atoms with E-state index >= 15 is 0 Å². The second-order valence-electron chi connectivity index (χ2n) is 2.93. The van der Waals surface area contributed by atoms with Crippen LogP contribution in [0.2, 0.25) is 0 Å². The van der Waals surface area contributed by atoms with Gasteiger partial charge in [0.1, 0.15) is 5.75 Å². The average Bonchev–Trinajstić information content (AvgIpc) is 2.20. The first-order valence-electron chi connectivity index (χ1n) is 4.62. The van der Waals surface area contributed by atoms with E-state index in [4.69, 9.17) is 10.6 Å². The molecule has 0 aliphatic carbocycles. The summed E-state index contributed by atoms with van der Waals surface area (Å²) in [4.78, 5) is 0. The molecule has 0 aromatic heterocycles. The third-order valence-corrected chi connectivity index (χ3v) is 1.89. The number of nitrogens with one attached hydrogen (secondary N) is 1. The lowest BCUT2D eigenvalue weighted by Gasteiger charge is -2.10. The fraction of sp³-hybridized carbons (Fsp3) is 0.400. The lowest BCUT2D eigenvalue weighted by atomic mass is 10.1. The summed E-state index contributed by atoms with van der Waals surface area (Å²) in [6.45, 7) is 2.92. The van der Waals surface area contributed by atoms with Gasteiger partial charge in [0, 0.05) is 6.54 Å². The Morgan fingerprint density at radius 1 is 1.43 bits per heavy atom. The highest BCUT2D eigenvalue weighted by atomic mass is 16.5. The van der Waals surface area contributed by atoms with Crippen LogP contribution in [-0.2, 0) is 0 Å². The van der Waals surface area contributed by atoms with Crippen molar-refractivity contribution in [2.24, 2.45) is 5.84 Å². The smallest absolute Gasteiger partial charge is 0.119 e. The maximum Gasteiger partial charge on any atom is 0.119 e. The molecule has 4 nitrogen and oxygen atoms in total. The zero-order chi connectivity index (χ0) is 10.4. The molecule has 0 radical (unpaired) electrons. The van der Waals surface area contributed by atoms with Crippen molar-refractivity contribution >= 4 is 0 Å². The first-order chi connectivity index (χ1) is 6.77. The van der Waals surface area contributed by atoms with Crippen molar-refractivity contribution in [3.8, 4) is 5.75 Å². The molecule has 0 saturated heterocycles. The average molecular weight is 196 g/mol. The van der Waals surface area contributed by atoms with Crippen LogP contribution in [0.3, 0.4) is 0 Å². The van der Waals surface area contributed by atoms with Crippen LogP contribution in [0.15, 0.2) is 24.3 Å². The van der Waals surface area contributed by atoms with Gasteiger partial charge in [-0.15, -0.1) is 0 Å². The van der Waals surface area contributed by atoms with Gasteiger partial charge < -0.3 is 9.84 Å². The van der Waals surface area contributed by atoms with Crippen molar-refractivity contribution < 1.29 is 9.84 Å². The fourth-order valence-electron chi connectivity index (χ4n) is 1.18. The lowest BCUT2D eigenvalue weighted by molar-refractivity contribution is 0.175. The molecule has 0 aliphatic rings. The Kier molecular flexibility index (Phi) is 4.39. The van der Waals surface area contributed by atoms with E-state index in [0.717, 1.165) is 11.3 Å². The Hall–Kier alpha value is -1.10. The standard InChI is InChI=1S/C10H16N2O2/c1-2-14-9-5-3-8(4-6-9)10(13)7-12-11/h3-6,10,12-13H,2,7,11H2,1H3. The van der Waals surface area contributed by atoms with Gasteiger partial charge in [-0.3, -0.25) is 11.3 Å². The fourth-order valence-corrected chi connectivity index (χ4v) is 1.18. The molecule has 0 spiro atoms. The minimum Gasteiger partial charge on any atom is -0.494 e. The summed E-state index contributed by atoms with van der Waals surface area (Å²) in [5, 5.41) is 9.56. The van der Waals surface area contributed by atoms with Crippen molar-refractivity contribution in [1.29, 1.82) is 0 Å². The van der Waals surface area contributed by atoms with Gasteiger partial charge in [-0.1, -0.05) is 12.1 Å². The second-order valence-corrected chi connectivity index (χ2v) is 2.93. The van der Waals surface area contributed by atoms with Crippen LogP contribution in [0.4, 0.5) is 0 Å². The molecule has 0 amide bonds. The first kappa shape index (κ1) is 11.0. The number of benzene rings is 1. The Balaban J connectivity index is 2.62. The first-order valence-corrected chi connectivity index (χ1v) is 4.62. The molecule has 1 aromatic rings. The van der Waals surface area contributed by atoms with Crippen molar-refractivity contribution in [1.82, 2.24) is 5.43 Å². The molecule has 4 heteroatoms. The molecule has 0 aliphatic heterocycles. The van der Waals surface area contributed by atoms with Crippen molar-refractivity contribution in [3.05, 3.63) is 29.8 Å². The minimum absolute atomic E-state index is 0.341. The highest BCUT2D eigenvalue weighted by molar-refractivity contribution is 5.28. The topological polar surface area (TPSA) is 67.5 Å². The molecule has 0 bridgehead atoms. The zero-order valence-electron chi connectivity index (χ0n) is 8.23. The number of nitrogens with two attached hydrogens (primary N) is 1. The Bertz CT molecular complexity index is 261. The molecule has 1 aromatic carbocycles. The van der Waals surface area contributed by atoms with E-state index in [1.54, 1.807) is 0 Å². The molecular formula is C10H16N2O2. The van der Waals surface area contributed by atoms with Gasteiger partial charge >= 0.3 is 0 Å². The highest BCUT2D eigenvalue weighted by Gasteiger charge is 2.05. The maximum absolute atomic E-state index is 9.56. The van der Waals surface area contributed by atoms with Gasteiger partial charge in [0.25, 0.3) is 0 Å². The monoisotopic (exact) mass is 196 g/mol. The lowest BCUT2D eigenvalue weighted by Crippen LogP contribution is -2.27. The molecule has 1 unspecified atom stereocenters. The molecule has 0 heterocycles. The van der Waals surface area contributed by atoms with E-state index in [-0.39, 0.29) is 0 Å². The molecule has 78 valence electrons. The Labute approximate surface area is 83.7 Å². The van der Waals surface area contributed by atoms with E-state index in [9.17, 15) is 5.11 Å². The number of hydrogen-bond acceptors (Lipinski definition) is 4. The molecule has 1 rings (SSSR count). The predicted molar refractivity (Wildman–Crippen MR) is 54.8 cm³/mol. The summed E-state index contributed by atoms with van der Waals surface area (Å²) < 4.78 is 5.28. The van der Waals surface area contributed by atoms with Gasteiger partial charge in [0.05, 0.1) is 12.7 Å². The van der Waals surface area contributed by atoms with Crippen LogP contribution in [0.1, 0.15) is 18.6 Å². The number of hydrogen-bond donors (Lipinski definition) is 3. The largest absolute Gasteiger partial charge is 0.494 e. The van der Waals surface area contributed by atoms with Gasteiger partial charge in [-0.05, 0) is 24.6 Å². The van der Waals surface area contributed by atoms with Gasteiger partial charge in [-0.2, -0.15) is 0 Å². The summed E-state index contributed by atoms with van der Waals surface area (Å²) in [6.07, 6.45) is -0.573. The van der Waals surface area contributed by atoms with Gasteiger partial charge in [0.2, 0.25) is 0 Å². The summed E-state index contributed by atoms with van der Waals surface area (Å²) in [5.41, 5.74) is 3.25. The molecular weight excluding hydrogens is 180 g/mol. The number of aliphatic hydroxyl groups is 1. The Morgan fingerprint density at radius 3 is 2.57 bits per heavy atom. The van der Waals surface area contributed by atoms with E-state index in [0.29, 0.717) is 13.2 Å². The number of aliphatic hydroxyl groups excluding tert-OH is 1. The number of hydrazine groups is 1. The molecule has 1 atom stereocenters. The van der Waals surface area contributed by atoms with Crippen molar-refractivity contribution in [2.75, 3.05) is 13.2 Å². The van der Waals surface area contributed by atoms with E-state index < -0.39 is 6.10 Å². The minimum atomic E-state index is -0.573. The number of ether oxygens (including phenoxy) is 1. The second kappa shape index (κ2) is 5.59.